The fourth-order valence-corrected chi connectivity index (χ4v) is 1.81. The molecule has 0 amide bonds. The molecule has 1 aromatic rings. The van der Waals surface area contributed by atoms with Crippen molar-refractivity contribution in [2.45, 2.75) is 32.8 Å². The standard InChI is InChI=1S/C11H21N5O/c1-7(2)5-11(3,17)6-14-9-4-8(12)15-10(13)16-9/h4,7,17H,5-6H2,1-3H3,(H5,12,13,14,15,16). The fourth-order valence-electron chi connectivity index (χ4n) is 1.81. The van der Waals surface area contributed by atoms with Gasteiger partial charge in [0.2, 0.25) is 5.95 Å². The molecule has 6 heteroatoms. The smallest absolute Gasteiger partial charge is 0.223 e. The zero-order valence-electron chi connectivity index (χ0n) is 10.6. The number of nitrogen functional groups attached to an aromatic ring is 2. The van der Waals surface area contributed by atoms with Gasteiger partial charge in [-0.3, -0.25) is 0 Å². The van der Waals surface area contributed by atoms with Gasteiger partial charge in [-0.15, -0.1) is 0 Å². The molecule has 0 bridgehead atoms. The van der Waals surface area contributed by atoms with Crippen molar-refractivity contribution in [3.63, 3.8) is 0 Å². The zero-order chi connectivity index (χ0) is 13.1. The highest BCUT2D eigenvalue weighted by Gasteiger charge is 2.21. The summed E-state index contributed by atoms with van der Waals surface area (Å²) < 4.78 is 0. The Labute approximate surface area is 101 Å². The number of aliphatic hydroxyl groups is 1. The van der Waals surface area contributed by atoms with Gasteiger partial charge in [0.1, 0.15) is 11.6 Å². The Balaban J connectivity index is 2.60. The summed E-state index contributed by atoms with van der Waals surface area (Å²) in [6, 6.07) is 1.59. The second-order valence-electron chi connectivity index (χ2n) is 4.98. The molecule has 0 fully saturated rings. The first-order chi connectivity index (χ1) is 7.78. The third-order valence-corrected chi connectivity index (χ3v) is 2.26. The van der Waals surface area contributed by atoms with Gasteiger partial charge in [0.25, 0.3) is 0 Å². The number of rotatable bonds is 5. The fraction of sp³-hybridized carbons (Fsp3) is 0.636. The highest BCUT2D eigenvalue weighted by atomic mass is 16.3. The molecular weight excluding hydrogens is 218 g/mol. The number of nitrogens with one attached hydrogen (secondary N) is 1. The van der Waals surface area contributed by atoms with E-state index >= 15 is 0 Å². The van der Waals surface area contributed by atoms with Crippen molar-refractivity contribution in [3.8, 4) is 0 Å². The maximum atomic E-state index is 10.1. The molecule has 0 aliphatic heterocycles. The average molecular weight is 239 g/mol. The first-order valence-corrected chi connectivity index (χ1v) is 5.65. The number of nitrogens with two attached hydrogens (primary N) is 2. The highest BCUT2D eigenvalue weighted by molar-refractivity contribution is 5.48. The molecule has 1 aromatic heterocycles. The van der Waals surface area contributed by atoms with Gasteiger partial charge in [0, 0.05) is 12.6 Å². The Morgan fingerprint density at radius 1 is 1.41 bits per heavy atom. The Kier molecular flexibility index (Phi) is 4.11. The second kappa shape index (κ2) is 5.18. The Bertz CT molecular complexity index is 358. The summed E-state index contributed by atoms with van der Waals surface area (Å²) in [5.74, 6) is 1.38. The van der Waals surface area contributed by atoms with Gasteiger partial charge < -0.3 is 21.9 Å². The van der Waals surface area contributed by atoms with Crippen molar-refractivity contribution in [3.05, 3.63) is 6.07 Å². The lowest BCUT2D eigenvalue weighted by atomic mass is 9.94. The van der Waals surface area contributed by atoms with Crippen LogP contribution in [0.15, 0.2) is 6.07 Å². The minimum Gasteiger partial charge on any atom is -0.388 e. The summed E-state index contributed by atoms with van der Waals surface area (Å²) in [7, 11) is 0. The van der Waals surface area contributed by atoms with Gasteiger partial charge in [-0.25, -0.2) is 0 Å². The van der Waals surface area contributed by atoms with E-state index in [-0.39, 0.29) is 5.95 Å². The number of hydrogen-bond donors (Lipinski definition) is 4. The summed E-state index contributed by atoms with van der Waals surface area (Å²) in [6.45, 7) is 6.30. The number of nitrogens with zero attached hydrogens (tertiary/aromatic N) is 2. The molecule has 0 aromatic carbocycles. The SMILES string of the molecule is CC(C)CC(C)(O)CNc1cc(N)nc(N)n1. The maximum absolute atomic E-state index is 10.1. The van der Waals surface area contributed by atoms with E-state index in [4.69, 9.17) is 11.5 Å². The third-order valence-electron chi connectivity index (χ3n) is 2.26. The minimum absolute atomic E-state index is 0.121. The summed E-state index contributed by atoms with van der Waals surface area (Å²) in [4.78, 5) is 7.75. The van der Waals surface area contributed by atoms with Crippen LogP contribution in [0.4, 0.5) is 17.6 Å². The monoisotopic (exact) mass is 239 g/mol. The lowest BCUT2D eigenvalue weighted by molar-refractivity contribution is 0.0515. The highest BCUT2D eigenvalue weighted by Crippen LogP contribution is 2.17. The number of aromatic nitrogens is 2. The van der Waals surface area contributed by atoms with Crippen molar-refractivity contribution >= 4 is 17.6 Å². The van der Waals surface area contributed by atoms with Gasteiger partial charge in [0.15, 0.2) is 0 Å². The van der Waals surface area contributed by atoms with E-state index in [0.717, 1.165) is 0 Å². The molecular formula is C11H21N5O. The zero-order valence-corrected chi connectivity index (χ0v) is 10.6. The van der Waals surface area contributed by atoms with Crippen LogP contribution < -0.4 is 16.8 Å². The van der Waals surface area contributed by atoms with Gasteiger partial charge >= 0.3 is 0 Å². The van der Waals surface area contributed by atoms with E-state index < -0.39 is 5.60 Å². The largest absolute Gasteiger partial charge is 0.388 e. The molecule has 17 heavy (non-hydrogen) atoms. The van der Waals surface area contributed by atoms with E-state index in [2.05, 4.69) is 29.1 Å². The Morgan fingerprint density at radius 3 is 2.59 bits per heavy atom. The van der Waals surface area contributed by atoms with E-state index in [0.29, 0.717) is 30.5 Å². The summed E-state index contributed by atoms with van der Waals surface area (Å²) in [5, 5.41) is 13.1. The van der Waals surface area contributed by atoms with Crippen LogP contribution >= 0.6 is 0 Å². The molecule has 1 atom stereocenters. The predicted octanol–water partition coefficient (Wildman–Crippen LogP) is 0.850. The van der Waals surface area contributed by atoms with Gasteiger partial charge in [-0.1, -0.05) is 13.8 Å². The summed E-state index contributed by atoms with van der Waals surface area (Å²) in [6.07, 6.45) is 0.704. The van der Waals surface area contributed by atoms with Crippen LogP contribution in [0.5, 0.6) is 0 Å². The minimum atomic E-state index is -0.789. The van der Waals surface area contributed by atoms with Gasteiger partial charge in [-0.05, 0) is 19.3 Å². The molecule has 1 unspecified atom stereocenters. The molecule has 6 nitrogen and oxygen atoms in total. The van der Waals surface area contributed by atoms with E-state index in [1.807, 2.05) is 0 Å². The molecule has 0 spiro atoms. The molecule has 0 saturated heterocycles. The molecule has 0 radical (unpaired) electrons. The van der Waals surface area contributed by atoms with Crippen LogP contribution in [0.25, 0.3) is 0 Å². The predicted molar refractivity (Wildman–Crippen MR) is 69.4 cm³/mol. The van der Waals surface area contributed by atoms with Crippen LogP contribution in [0, 0.1) is 5.92 Å². The van der Waals surface area contributed by atoms with E-state index in [1.54, 1.807) is 13.0 Å². The lowest BCUT2D eigenvalue weighted by Gasteiger charge is -2.25. The van der Waals surface area contributed by atoms with Crippen LogP contribution in [-0.4, -0.2) is 27.2 Å². The molecule has 96 valence electrons. The summed E-state index contributed by atoms with van der Waals surface area (Å²) in [5.41, 5.74) is 10.2. The third kappa shape index (κ3) is 4.86. The quantitative estimate of drug-likeness (QED) is 0.606. The second-order valence-corrected chi connectivity index (χ2v) is 4.98. The number of hydrogen-bond acceptors (Lipinski definition) is 6. The first-order valence-electron chi connectivity index (χ1n) is 5.65. The van der Waals surface area contributed by atoms with E-state index in [1.165, 1.54) is 0 Å². The Hall–Kier alpha value is -1.56. The average Bonchev–Trinajstić information content (AvgIpc) is 2.11. The molecule has 6 N–H and O–H groups in total. The van der Waals surface area contributed by atoms with Crippen LogP contribution in [0.1, 0.15) is 27.2 Å². The molecule has 0 aliphatic rings. The van der Waals surface area contributed by atoms with Crippen molar-refractivity contribution in [1.82, 2.24) is 9.97 Å². The summed E-state index contributed by atoms with van der Waals surface area (Å²) >= 11 is 0. The maximum Gasteiger partial charge on any atom is 0.223 e. The van der Waals surface area contributed by atoms with Crippen LogP contribution in [0.2, 0.25) is 0 Å². The first kappa shape index (κ1) is 13.5. The van der Waals surface area contributed by atoms with Crippen molar-refractivity contribution in [2.75, 3.05) is 23.3 Å². The molecule has 0 saturated carbocycles. The molecule has 1 rings (SSSR count). The number of anilines is 3. The normalized spacial score (nSPS) is 14.6. The molecule has 0 aliphatic carbocycles. The van der Waals surface area contributed by atoms with Gasteiger partial charge in [0.05, 0.1) is 5.60 Å². The van der Waals surface area contributed by atoms with Crippen molar-refractivity contribution in [2.24, 2.45) is 5.92 Å². The Morgan fingerprint density at radius 2 is 2.06 bits per heavy atom. The van der Waals surface area contributed by atoms with Crippen molar-refractivity contribution < 1.29 is 5.11 Å². The topological polar surface area (TPSA) is 110 Å². The van der Waals surface area contributed by atoms with Crippen LogP contribution in [-0.2, 0) is 0 Å². The lowest BCUT2D eigenvalue weighted by Crippen LogP contribution is -2.35. The van der Waals surface area contributed by atoms with Crippen LogP contribution in [0.3, 0.4) is 0 Å². The van der Waals surface area contributed by atoms with Crippen molar-refractivity contribution in [1.29, 1.82) is 0 Å². The van der Waals surface area contributed by atoms with E-state index in [9.17, 15) is 5.11 Å². The van der Waals surface area contributed by atoms with Gasteiger partial charge in [-0.2, -0.15) is 9.97 Å². The molecule has 1 heterocycles.